The largest absolute Gasteiger partial charge is 0.379 e. The molecular formula is C20H23N3O4S. The first kappa shape index (κ1) is 20.3. The molecule has 1 heterocycles. The smallest absolute Gasteiger partial charge is 0.269 e. The van der Waals surface area contributed by atoms with Gasteiger partial charge in [-0.2, -0.15) is 0 Å². The van der Waals surface area contributed by atoms with E-state index in [9.17, 15) is 14.9 Å². The van der Waals surface area contributed by atoms with E-state index in [2.05, 4.69) is 10.2 Å². The number of amides is 1. The molecule has 3 rings (SSSR count). The number of carbonyl (C=O) groups is 1. The number of nitro groups is 1. The Kier molecular flexibility index (Phi) is 7.02. The van der Waals surface area contributed by atoms with Gasteiger partial charge in [0.2, 0.25) is 5.91 Å². The first-order chi connectivity index (χ1) is 13.5. The molecule has 28 heavy (non-hydrogen) atoms. The Morgan fingerprint density at radius 3 is 2.43 bits per heavy atom. The van der Waals surface area contributed by atoms with E-state index in [-0.39, 0.29) is 16.8 Å². The molecule has 8 heteroatoms. The van der Waals surface area contributed by atoms with Gasteiger partial charge in [-0.25, -0.2) is 0 Å². The van der Waals surface area contributed by atoms with Gasteiger partial charge < -0.3 is 10.1 Å². The van der Waals surface area contributed by atoms with Crippen molar-refractivity contribution in [1.29, 1.82) is 0 Å². The van der Waals surface area contributed by atoms with Gasteiger partial charge in [-0.3, -0.25) is 19.8 Å². The number of non-ortho nitro benzene ring substituents is 1. The van der Waals surface area contributed by atoms with Crippen LogP contribution in [0.5, 0.6) is 0 Å². The summed E-state index contributed by atoms with van der Waals surface area (Å²) in [6.45, 7) is 6.13. The van der Waals surface area contributed by atoms with E-state index in [0.717, 1.165) is 43.4 Å². The molecule has 1 fully saturated rings. The van der Waals surface area contributed by atoms with Crippen molar-refractivity contribution in [2.45, 2.75) is 23.6 Å². The van der Waals surface area contributed by atoms with Gasteiger partial charge >= 0.3 is 0 Å². The van der Waals surface area contributed by atoms with Gasteiger partial charge in [0.05, 0.1) is 23.4 Å². The fraction of sp³-hybridized carbons (Fsp3) is 0.350. The lowest BCUT2D eigenvalue weighted by Crippen LogP contribution is -2.35. The van der Waals surface area contributed by atoms with Crippen LogP contribution in [0.3, 0.4) is 0 Å². The normalized spacial score (nSPS) is 15.8. The van der Waals surface area contributed by atoms with Crippen molar-refractivity contribution in [3.63, 3.8) is 0 Å². The van der Waals surface area contributed by atoms with E-state index in [1.165, 1.54) is 29.5 Å². The van der Waals surface area contributed by atoms with Crippen molar-refractivity contribution >= 4 is 29.0 Å². The molecule has 1 unspecified atom stereocenters. The molecule has 148 valence electrons. The van der Waals surface area contributed by atoms with E-state index < -0.39 is 4.92 Å². The topological polar surface area (TPSA) is 84.7 Å². The molecule has 1 aliphatic heterocycles. The van der Waals surface area contributed by atoms with Gasteiger partial charge in [0.1, 0.15) is 0 Å². The number of hydrogen-bond donors (Lipinski definition) is 1. The summed E-state index contributed by atoms with van der Waals surface area (Å²) in [4.78, 5) is 25.9. The Hall–Kier alpha value is -2.42. The number of thioether (sulfide) groups is 1. The maximum Gasteiger partial charge on any atom is 0.269 e. The van der Waals surface area contributed by atoms with Gasteiger partial charge in [0.25, 0.3) is 5.69 Å². The number of hydrogen-bond acceptors (Lipinski definition) is 6. The Morgan fingerprint density at radius 1 is 1.18 bits per heavy atom. The summed E-state index contributed by atoms with van der Waals surface area (Å²) in [5, 5.41) is 13.3. The molecule has 0 bridgehead atoms. The first-order valence-electron chi connectivity index (χ1n) is 9.12. The molecule has 2 aromatic carbocycles. The molecule has 1 atom stereocenters. The lowest BCUT2D eigenvalue weighted by Gasteiger charge is -2.26. The Bertz CT molecular complexity index is 805. The minimum absolute atomic E-state index is 0.0404. The number of benzene rings is 2. The predicted molar refractivity (Wildman–Crippen MR) is 110 cm³/mol. The van der Waals surface area contributed by atoms with Crippen LogP contribution in [0.15, 0.2) is 53.4 Å². The van der Waals surface area contributed by atoms with Gasteiger partial charge in [-0.05, 0) is 36.8 Å². The monoisotopic (exact) mass is 401 g/mol. The SMILES string of the molecule is CC(Sc1ccc([N+](=O)[O-])cc1)C(=O)Nc1ccc(CN2CCOCC2)cc1. The molecule has 0 aromatic heterocycles. The molecule has 1 aliphatic rings. The number of nitrogens with zero attached hydrogens (tertiary/aromatic N) is 2. The van der Waals surface area contributed by atoms with Crippen molar-refractivity contribution in [2.75, 3.05) is 31.6 Å². The summed E-state index contributed by atoms with van der Waals surface area (Å²) in [6, 6.07) is 14.1. The second kappa shape index (κ2) is 9.68. The third-order valence-electron chi connectivity index (χ3n) is 4.46. The lowest BCUT2D eigenvalue weighted by molar-refractivity contribution is -0.384. The fourth-order valence-electron chi connectivity index (χ4n) is 2.86. The number of anilines is 1. The Morgan fingerprint density at radius 2 is 1.82 bits per heavy atom. The summed E-state index contributed by atoms with van der Waals surface area (Å²) in [5.74, 6) is -0.107. The molecule has 1 saturated heterocycles. The molecular weight excluding hydrogens is 378 g/mol. The first-order valence-corrected chi connectivity index (χ1v) is 10.0. The van der Waals surface area contributed by atoms with Crippen molar-refractivity contribution < 1.29 is 14.5 Å². The highest BCUT2D eigenvalue weighted by atomic mass is 32.2. The zero-order valence-electron chi connectivity index (χ0n) is 15.7. The maximum absolute atomic E-state index is 12.4. The van der Waals surface area contributed by atoms with Gasteiger partial charge in [0.15, 0.2) is 0 Å². The Balaban J connectivity index is 1.51. The van der Waals surface area contributed by atoms with Crippen molar-refractivity contribution in [3.05, 3.63) is 64.2 Å². The van der Waals surface area contributed by atoms with Crippen LogP contribution < -0.4 is 5.32 Å². The van der Waals surface area contributed by atoms with Crippen LogP contribution in [0, 0.1) is 10.1 Å². The van der Waals surface area contributed by atoms with Gasteiger partial charge in [0, 0.05) is 42.3 Å². The van der Waals surface area contributed by atoms with Crippen molar-refractivity contribution in [1.82, 2.24) is 4.90 Å². The van der Waals surface area contributed by atoms with Crippen LogP contribution in [0.1, 0.15) is 12.5 Å². The van der Waals surface area contributed by atoms with E-state index in [1.54, 1.807) is 12.1 Å². The predicted octanol–water partition coefficient (Wildman–Crippen LogP) is 3.55. The van der Waals surface area contributed by atoms with Gasteiger partial charge in [-0.15, -0.1) is 11.8 Å². The van der Waals surface area contributed by atoms with Crippen molar-refractivity contribution in [3.8, 4) is 0 Å². The maximum atomic E-state index is 12.4. The number of rotatable bonds is 7. The second-order valence-electron chi connectivity index (χ2n) is 6.59. The lowest BCUT2D eigenvalue weighted by atomic mass is 10.2. The minimum Gasteiger partial charge on any atom is -0.379 e. The number of ether oxygens (including phenoxy) is 1. The summed E-state index contributed by atoms with van der Waals surface area (Å²) >= 11 is 1.36. The molecule has 2 aromatic rings. The van der Waals surface area contributed by atoms with Crippen LogP contribution in [-0.4, -0.2) is 47.3 Å². The number of morpholine rings is 1. The standard InChI is InChI=1S/C20H23N3O4S/c1-15(28-19-8-6-18(7-9-19)23(25)26)20(24)21-17-4-2-16(3-5-17)14-22-10-12-27-13-11-22/h2-9,15H,10-14H2,1H3,(H,21,24). The van der Waals surface area contributed by atoms with Crippen LogP contribution in [0.2, 0.25) is 0 Å². The van der Waals surface area contributed by atoms with Gasteiger partial charge in [-0.1, -0.05) is 12.1 Å². The van der Waals surface area contributed by atoms with Crippen LogP contribution in [0.4, 0.5) is 11.4 Å². The molecule has 0 saturated carbocycles. The van der Waals surface area contributed by atoms with Crippen LogP contribution >= 0.6 is 11.8 Å². The number of nitrogens with one attached hydrogen (secondary N) is 1. The molecule has 0 radical (unpaired) electrons. The van der Waals surface area contributed by atoms with E-state index in [4.69, 9.17) is 4.74 Å². The highest BCUT2D eigenvalue weighted by Gasteiger charge is 2.16. The molecule has 7 nitrogen and oxygen atoms in total. The minimum atomic E-state index is -0.437. The molecule has 1 amide bonds. The van der Waals surface area contributed by atoms with E-state index >= 15 is 0 Å². The molecule has 0 spiro atoms. The Labute approximate surface area is 168 Å². The zero-order valence-corrected chi connectivity index (χ0v) is 16.5. The average molecular weight is 401 g/mol. The third-order valence-corrected chi connectivity index (χ3v) is 5.57. The summed E-state index contributed by atoms with van der Waals surface area (Å²) in [7, 11) is 0. The average Bonchev–Trinajstić information content (AvgIpc) is 2.70. The summed E-state index contributed by atoms with van der Waals surface area (Å²) < 4.78 is 5.36. The quantitative estimate of drug-likeness (QED) is 0.434. The van der Waals surface area contributed by atoms with Crippen LogP contribution in [-0.2, 0) is 16.1 Å². The molecule has 1 N–H and O–H groups in total. The highest BCUT2D eigenvalue weighted by molar-refractivity contribution is 8.00. The van der Waals surface area contributed by atoms with Crippen molar-refractivity contribution in [2.24, 2.45) is 0 Å². The van der Waals surface area contributed by atoms with E-state index in [0.29, 0.717) is 0 Å². The number of carbonyl (C=O) groups excluding carboxylic acids is 1. The van der Waals surface area contributed by atoms with E-state index in [1.807, 2.05) is 31.2 Å². The highest BCUT2D eigenvalue weighted by Crippen LogP contribution is 2.26. The zero-order chi connectivity index (χ0) is 19.9. The van der Waals surface area contributed by atoms with Crippen LogP contribution in [0.25, 0.3) is 0 Å². The summed E-state index contributed by atoms with van der Waals surface area (Å²) in [5.41, 5.74) is 2.00. The molecule has 0 aliphatic carbocycles. The second-order valence-corrected chi connectivity index (χ2v) is 8.00. The fourth-order valence-corrected chi connectivity index (χ4v) is 3.73. The number of nitro benzene ring substituents is 1. The summed E-state index contributed by atoms with van der Waals surface area (Å²) in [6.07, 6.45) is 0. The third kappa shape index (κ3) is 5.79.